The average Bonchev–Trinajstić information content (AvgIpc) is 2.32. The average molecular weight is 241 g/mol. The van der Waals surface area contributed by atoms with Gasteiger partial charge in [-0.3, -0.25) is 10.4 Å². The molecule has 1 fully saturated rings. The second kappa shape index (κ2) is 6.81. The summed E-state index contributed by atoms with van der Waals surface area (Å²) in [5.41, 5.74) is 0. The first-order valence-corrected chi connectivity index (χ1v) is 6.66. The lowest BCUT2D eigenvalue weighted by Gasteiger charge is -2.36. The summed E-state index contributed by atoms with van der Waals surface area (Å²) in [5, 5.41) is 12.2. The zero-order valence-electron chi connectivity index (χ0n) is 11.4. The van der Waals surface area contributed by atoms with Gasteiger partial charge in [-0.25, -0.2) is 5.84 Å². The molecule has 4 N–H and O–H groups in total. The standard InChI is InChI=1S/C12H27N5/c1-4-17(5-2)11-8-6-10(7-9-11)15-12(13)16(3)14/h10-11H,4-9,14H2,1-3H3,(H2,13,15)/t10-,11-. The van der Waals surface area contributed by atoms with Gasteiger partial charge in [-0.2, -0.15) is 0 Å². The molecule has 0 aliphatic heterocycles. The Hall–Kier alpha value is -0.810. The lowest BCUT2D eigenvalue weighted by Crippen LogP contribution is -2.49. The third-order valence-electron chi connectivity index (χ3n) is 3.72. The van der Waals surface area contributed by atoms with Gasteiger partial charge in [-0.15, -0.1) is 0 Å². The van der Waals surface area contributed by atoms with Gasteiger partial charge in [0.2, 0.25) is 5.96 Å². The van der Waals surface area contributed by atoms with E-state index in [0.29, 0.717) is 12.0 Å². The van der Waals surface area contributed by atoms with Gasteiger partial charge in [0.05, 0.1) is 0 Å². The number of hydrogen-bond donors (Lipinski definition) is 3. The van der Waals surface area contributed by atoms with Crippen LogP contribution in [0.25, 0.3) is 0 Å². The van der Waals surface area contributed by atoms with E-state index in [1.54, 1.807) is 7.05 Å². The minimum atomic E-state index is 0.316. The summed E-state index contributed by atoms with van der Waals surface area (Å²) in [4.78, 5) is 2.54. The van der Waals surface area contributed by atoms with Gasteiger partial charge < -0.3 is 10.2 Å². The van der Waals surface area contributed by atoms with Gasteiger partial charge >= 0.3 is 0 Å². The topological polar surface area (TPSA) is 68.4 Å². The Labute approximate surface area is 105 Å². The molecule has 0 saturated heterocycles. The fourth-order valence-electron chi connectivity index (χ4n) is 2.62. The summed E-state index contributed by atoms with van der Waals surface area (Å²) in [7, 11) is 1.69. The number of nitrogens with two attached hydrogens (primary N) is 1. The lowest BCUT2D eigenvalue weighted by atomic mass is 9.90. The second-order valence-electron chi connectivity index (χ2n) is 4.83. The van der Waals surface area contributed by atoms with E-state index in [1.165, 1.54) is 17.9 Å². The van der Waals surface area contributed by atoms with Crippen molar-refractivity contribution in [1.29, 1.82) is 5.41 Å². The van der Waals surface area contributed by atoms with Crippen molar-refractivity contribution in [2.45, 2.75) is 51.6 Å². The molecule has 0 atom stereocenters. The number of rotatable bonds is 4. The van der Waals surface area contributed by atoms with Crippen molar-refractivity contribution in [3.05, 3.63) is 0 Å². The molecule has 0 bridgehead atoms. The molecule has 17 heavy (non-hydrogen) atoms. The van der Waals surface area contributed by atoms with Gasteiger partial charge in [0.15, 0.2) is 0 Å². The Morgan fingerprint density at radius 1 is 1.24 bits per heavy atom. The van der Waals surface area contributed by atoms with Gasteiger partial charge in [-0.1, -0.05) is 13.8 Å². The summed E-state index contributed by atoms with van der Waals surface area (Å²) in [6, 6.07) is 1.15. The summed E-state index contributed by atoms with van der Waals surface area (Å²) in [6.45, 7) is 6.74. The van der Waals surface area contributed by atoms with Crippen molar-refractivity contribution < 1.29 is 0 Å². The van der Waals surface area contributed by atoms with Crippen LogP contribution in [0.5, 0.6) is 0 Å². The smallest absolute Gasteiger partial charge is 0.205 e. The van der Waals surface area contributed by atoms with Gasteiger partial charge in [0, 0.05) is 19.1 Å². The van der Waals surface area contributed by atoms with Crippen LogP contribution in [0.2, 0.25) is 0 Å². The molecule has 0 aromatic rings. The Kier molecular flexibility index (Phi) is 5.71. The van der Waals surface area contributed by atoms with Crippen LogP contribution in [-0.4, -0.2) is 48.1 Å². The van der Waals surface area contributed by atoms with E-state index in [1.807, 2.05) is 0 Å². The molecule has 0 spiro atoms. The number of nitrogens with zero attached hydrogens (tertiary/aromatic N) is 2. The Bertz CT molecular complexity index is 229. The third-order valence-corrected chi connectivity index (χ3v) is 3.72. The Morgan fingerprint density at radius 2 is 1.76 bits per heavy atom. The van der Waals surface area contributed by atoms with Crippen LogP contribution in [-0.2, 0) is 0 Å². The number of hydrazine groups is 1. The maximum atomic E-state index is 7.67. The molecule has 0 unspecified atom stereocenters. The molecule has 0 aromatic heterocycles. The minimum Gasteiger partial charge on any atom is -0.353 e. The number of hydrogen-bond acceptors (Lipinski definition) is 3. The predicted octanol–water partition coefficient (Wildman–Crippen LogP) is 0.969. The molecule has 0 aromatic carbocycles. The largest absolute Gasteiger partial charge is 0.353 e. The Morgan fingerprint density at radius 3 is 2.18 bits per heavy atom. The molecule has 100 valence electrons. The fraction of sp³-hybridized carbons (Fsp3) is 0.917. The van der Waals surface area contributed by atoms with Crippen LogP contribution in [0.1, 0.15) is 39.5 Å². The SMILES string of the molecule is CCN(CC)[C@H]1CC[C@H](NC(=N)N(C)N)CC1. The van der Waals surface area contributed by atoms with E-state index in [0.717, 1.165) is 32.0 Å². The maximum Gasteiger partial charge on any atom is 0.205 e. The predicted molar refractivity (Wildman–Crippen MR) is 71.8 cm³/mol. The zero-order valence-corrected chi connectivity index (χ0v) is 11.4. The molecule has 0 radical (unpaired) electrons. The van der Waals surface area contributed by atoms with Crippen LogP contribution in [0.3, 0.4) is 0 Å². The van der Waals surface area contributed by atoms with Crippen LogP contribution < -0.4 is 11.2 Å². The number of guanidine groups is 1. The first kappa shape index (κ1) is 14.3. The maximum absolute atomic E-state index is 7.67. The first-order valence-electron chi connectivity index (χ1n) is 6.66. The molecular formula is C12H27N5. The van der Waals surface area contributed by atoms with Crippen molar-refractivity contribution in [2.75, 3.05) is 20.1 Å². The zero-order chi connectivity index (χ0) is 12.8. The molecule has 0 heterocycles. The van der Waals surface area contributed by atoms with Gasteiger partial charge in [0.25, 0.3) is 0 Å². The molecule has 1 aliphatic rings. The minimum absolute atomic E-state index is 0.316. The first-order chi connectivity index (χ1) is 8.08. The van der Waals surface area contributed by atoms with Gasteiger partial charge in [0.1, 0.15) is 0 Å². The van der Waals surface area contributed by atoms with E-state index in [9.17, 15) is 0 Å². The van der Waals surface area contributed by atoms with Crippen LogP contribution in [0, 0.1) is 5.41 Å². The van der Waals surface area contributed by atoms with Crippen LogP contribution >= 0.6 is 0 Å². The number of nitrogens with one attached hydrogen (secondary N) is 2. The quantitative estimate of drug-likeness (QED) is 0.297. The van der Waals surface area contributed by atoms with E-state index < -0.39 is 0 Å². The van der Waals surface area contributed by atoms with E-state index in [2.05, 4.69) is 24.1 Å². The molecule has 0 amide bonds. The lowest BCUT2D eigenvalue weighted by molar-refractivity contribution is 0.160. The highest BCUT2D eigenvalue weighted by Gasteiger charge is 2.24. The van der Waals surface area contributed by atoms with Crippen molar-refractivity contribution in [1.82, 2.24) is 15.2 Å². The molecular weight excluding hydrogens is 214 g/mol. The highest BCUT2D eigenvalue weighted by Crippen LogP contribution is 2.22. The van der Waals surface area contributed by atoms with E-state index in [4.69, 9.17) is 11.3 Å². The molecule has 1 aliphatic carbocycles. The second-order valence-corrected chi connectivity index (χ2v) is 4.83. The summed E-state index contributed by atoms with van der Waals surface area (Å²) >= 11 is 0. The summed E-state index contributed by atoms with van der Waals surface area (Å²) in [5.74, 6) is 5.83. The third kappa shape index (κ3) is 4.16. The molecule has 1 rings (SSSR count). The van der Waals surface area contributed by atoms with Crippen LogP contribution in [0.4, 0.5) is 0 Å². The van der Waals surface area contributed by atoms with Crippen LogP contribution in [0.15, 0.2) is 0 Å². The van der Waals surface area contributed by atoms with E-state index >= 15 is 0 Å². The highest BCUT2D eigenvalue weighted by atomic mass is 15.5. The molecule has 1 saturated carbocycles. The monoisotopic (exact) mass is 241 g/mol. The molecule has 5 nitrogen and oxygen atoms in total. The van der Waals surface area contributed by atoms with Crippen molar-refractivity contribution in [3.8, 4) is 0 Å². The normalized spacial score (nSPS) is 24.8. The Balaban J connectivity index is 2.33. The fourth-order valence-corrected chi connectivity index (χ4v) is 2.62. The van der Waals surface area contributed by atoms with Crippen molar-refractivity contribution in [2.24, 2.45) is 5.84 Å². The van der Waals surface area contributed by atoms with Gasteiger partial charge in [-0.05, 0) is 38.8 Å². The van der Waals surface area contributed by atoms with Crippen molar-refractivity contribution in [3.63, 3.8) is 0 Å². The van der Waals surface area contributed by atoms with E-state index in [-0.39, 0.29) is 0 Å². The molecule has 5 heteroatoms. The highest BCUT2D eigenvalue weighted by molar-refractivity contribution is 5.75. The summed E-state index contributed by atoms with van der Waals surface area (Å²) in [6.07, 6.45) is 4.72. The summed E-state index contributed by atoms with van der Waals surface area (Å²) < 4.78 is 0. The van der Waals surface area contributed by atoms with Crippen molar-refractivity contribution >= 4 is 5.96 Å².